The Bertz CT molecular complexity index is 1250. The number of carbonyl (C=O) groups is 1. The number of anilines is 2. The van der Waals surface area contributed by atoms with Crippen LogP contribution in [0.4, 0.5) is 10.7 Å². The molecule has 0 bridgehead atoms. The zero-order valence-corrected chi connectivity index (χ0v) is 19.8. The molecule has 1 heterocycles. The number of rotatable bonds is 6. The number of para-hydroxylation sites is 1. The molecule has 0 aliphatic rings. The second kappa shape index (κ2) is 10.3. The van der Waals surface area contributed by atoms with E-state index in [1.807, 2.05) is 91.9 Å². The van der Waals surface area contributed by atoms with Gasteiger partial charge >= 0.3 is 5.97 Å². The fraction of sp³-hybridized carbons (Fsp3) is 0.0769. The Balaban J connectivity index is 1.50. The third-order valence-corrected chi connectivity index (χ3v) is 6.08. The van der Waals surface area contributed by atoms with Crippen LogP contribution in [0.15, 0.2) is 84.9 Å². The minimum Gasteiger partial charge on any atom is -0.465 e. The Morgan fingerprint density at radius 2 is 1.45 bits per heavy atom. The number of carbonyl (C=O) groups excluding carboxylic acids is 1. The Kier molecular flexibility index (Phi) is 7.02. The fourth-order valence-electron chi connectivity index (χ4n) is 3.38. The highest BCUT2D eigenvalue weighted by Crippen LogP contribution is 2.40. The number of benzene rings is 3. The largest absolute Gasteiger partial charge is 0.465 e. The summed E-state index contributed by atoms with van der Waals surface area (Å²) < 4.78 is 10.9. The first-order valence-corrected chi connectivity index (χ1v) is 11.5. The number of methoxy groups -OCH3 is 1. The van der Waals surface area contributed by atoms with Crippen LogP contribution < -0.4 is 15.4 Å². The van der Waals surface area contributed by atoms with Gasteiger partial charge in [-0.2, -0.15) is 0 Å². The molecule has 2 N–H and O–H groups in total. The maximum atomic E-state index is 12.6. The molecule has 5 nitrogen and oxygen atoms in total. The molecule has 4 aromatic rings. The molecule has 0 atom stereocenters. The zero-order chi connectivity index (χ0) is 23.2. The van der Waals surface area contributed by atoms with Gasteiger partial charge in [0, 0.05) is 16.1 Å². The van der Waals surface area contributed by atoms with Gasteiger partial charge in [-0.3, -0.25) is 0 Å². The van der Waals surface area contributed by atoms with Crippen molar-refractivity contribution < 1.29 is 14.3 Å². The van der Waals surface area contributed by atoms with Crippen molar-refractivity contribution in [3.8, 4) is 22.6 Å². The molecule has 0 aliphatic heterocycles. The summed E-state index contributed by atoms with van der Waals surface area (Å²) in [6.45, 7) is 1.98. The molecule has 7 heteroatoms. The summed E-state index contributed by atoms with van der Waals surface area (Å²) in [5.74, 6) is 1.08. The maximum Gasteiger partial charge on any atom is 0.341 e. The molecule has 0 saturated heterocycles. The molecular formula is C26H22N2O3S2. The predicted molar refractivity (Wildman–Crippen MR) is 139 cm³/mol. The SMILES string of the molecule is COC(=O)c1c(NC(=S)Nc2ccc(Oc3ccccc3)cc2)sc(C)c1-c1ccccc1. The lowest BCUT2D eigenvalue weighted by atomic mass is 10.0. The second-order valence-corrected chi connectivity index (χ2v) is 8.75. The Labute approximate surface area is 202 Å². The Morgan fingerprint density at radius 3 is 2.09 bits per heavy atom. The van der Waals surface area contributed by atoms with Gasteiger partial charge in [0.05, 0.1) is 7.11 Å². The number of nitrogens with one attached hydrogen (secondary N) is 2. The van der Waals surface area contributed by atoms with Gasteiger partial charge in [-0.05, 0) is 61.1 Å². The molecular weight excluding hydrogens is 452 g/mol. The molecule has 3 aromatic carbocycles. The molecule has 0 fully saturated rings. The quantitative estimate of drug-likeness (QED) is 0.229. The van der Waals surface area contributed by atoms with Gasteiger partial charge in [-0.25, -0.2) is 4.79 Å². The minimum absolute atomic E-state index is 0.373. The maximum absolute atomic E-state index is 12.6. The summed E-state index contributed by atoms with van der Waals surface area (Å²) in [5, 5.41) is 7.33. The van der Waals surface area contributed by atoms with Crippen LogP contribution in [-0.4, -0.2) is 18.2 Å². The number of esters is 1. The highest BCUT2D eigenvalue weighted by Gasteiger charge is 2.24. The smallest absolute Gasteiger partial charge is 0.341 e. The van der Waals surface area contributed by atoms with E-state index < -0.39 is 5.97 Å². The lowest BCUT2D eigenvalue weighted by molar-refractivity contribution is 0.0603. The van der Waals surface area contributed by atoms with Crippen LogP contribution in [0.2, 0.25) is 0 Å². The highest BCUT2D eigenvalue weighted by molar-refractivity contribution is 7.80. The van der Waals surface area contributed by atoms with Gasteiger partial charge in [0.25, 0.3) is 0 Å². The van der Waals surface area contributed by atoms with Crippen LogP contribution in [-0.2, 0) is 4.74 Å². The fourth-order valence-corrected chi connectivity index (χ4v) is 4.73. The van der Waals surface area contributed by atoms with Crippen molar-refractivity contribution in [1.82, 2.24) is 0 Å². The molecule has 0 unspecified atom stereocenters. The van der Waals surface area contributed by atoms with Gasteiger partial charge in [0.15, 0.2) is 5.11 Å². The standard InChI is InChI=1S/C26H22N2O3S2/c1-17-22(18-9-5-3-6-10-18)23(25(29)30-2)24(33-17)28-26(32)27-19-13-15-21(16-14-19)31-20-11-7-4-8-12-20/h3-16H,1-2H3,(H2,27,28,32). The molecule has 0 amide bonds. The van der Waals surface area contributed by atoms with Crippen LogP contribution in [0, 0.1) is 6.92 Å². The third-order valence-electron chi connectivity index (χ3n) is 4.85. The average molecular weight is 475 g/mol. The number of aryl methyl sites for hydroxylation is 1. The summed E-state index contributed by atoms with van der Waals surface area (Å²) in [4.78, 5) is 13.6. The van der Waals surface area contributed by atoms with E-state index in [0.29, 0.717) is 15.7 Å². The van der Waals surface area contributed by atoms with E-state index in [4.69, 9.17) is 21.7 Å². The van der Waals surface area contributed by atoms with Crippen molar-refractivity contribution >= 4 is 45.3 Å². The van der Waals surface area contributed by atoms with Crippen LogP contribution in [0.5, 0.6) is 11.5 Å². The monoisotopic (exact) mass is 474 g/mol. The Hall–Kier alpha value is -3.68. The lowest BCUT2D eigenvalue weighted by Gasteiger charge is -2.12. The number of hydrogen-bond donors (Lipinski definition) is 2. The predicted octanol–water partition coefficient (Wildman–Crippen LogP) is 7.11. The third kappa shape index (κ3) is 5.39. The summed E-state index contributed by atoms with van der Waals surface area (Å²) in [6, 6.07) is 26.8. The van der Waals surface area contributed by atoms with E-state index in [-0.39, 0.29) is 0 Å². The molecule has 33 heavy (non-hydrogen) atoms. The average Bonchev–Trinajstić information content (AvgIpc) is 3.16. The number of ether oxygens (including phenoxy) is 2. The van der Waals surface area contributed by atoms with Crippen LogP contribution in [0.1, 0.15) is 15.2 Å². The van der Waals surface area contributed by atoms with Crippen molar-refractivity contribution in [3.05, 3.63) is 95.4 Å². The van der Waals surface area contributed by atoms with Crippen molar-refractivity contribution in [2.45, 2.75) is 6.92 Å². The molecule has 0 radical (unpaired) electrons. The van der Waals surface area contributed by atoms with E-state index in [9.17, 15) is 4.79 Å². The molecule has 0 saturated carbocycles. The highest BCUT2D eigenvalue weighted by atomic mass is 32.1. The van der Waals surface area contributed by atoms with Crippen LogP contribution in [0.25, 0.3) is 11.1 Å². The summed E-state index contributed by atoms with van der Waals surface area (Å²) >= 11 is 6.97. The van der Waals surface area contributed by atoms with E-state index in [1.54, 1.807) is 0 Å². The van der Waals surface area contributed by atoms with Gasteiger partial charge in [-0.1, -0.05) is 48.5 Å². The molecule has 4 rings (SSSR count). The first-order chi connectivity index (χ1) is 16.0. The van der Waals surface area contributed by atoms with Crippen molar-refractivity contribution in [2.24, 2.45) is 0 Å². The van der Waals surface area contributed by atoms with Crippen molar-refractivity contribution in [3.63, 3.8) is 0 Å². The summed E-state index contributed by atoms with van der Waals surface area (Å²) in [7, 11) is 1.38. The van der Waals surface area contributed by atoms with Crippen molar-refractivity contribution in [1.29, 1.82) is 0 Å². The first-order valence-electron chi connectivity index (χ1n) is 10.2. The second-order valence-electron chi connectivity index (χ2n) is 7.11. The van der Waals surface area contributed by atoms with E-state index in [2.05, 4.69) is 10.6 Å². The van der Waals surface area contributed by atoms with Crippen molar-refractivity contribution in [2.75, 3.05) is 17.7 Å². The van der Waals surface area contributed by atoms with E-state index >= 15 is 0 Å². The number of hydrogen-bond acceptors (Lipinski definition) is 5. The molecule has 166 valence electrons. The zero-order valence-electron chi connectivity index (χ0n) is 18.1. The Morgan fingerprint density at radius 1 is 0.848 bits per heavy atom. The molecule has 0 spiro atoms. The van der Waals surface area contributed by atoms with Crippen LogP contribution >= 0.6 is 23.6 Å². The first kappa shape index (κ1) is 22.5. The molecule has 1 aromatic heterocycles. The van der Waals surface area contributed by atoms with Crippen LogP contribution in [0.3, 0.4) is 0 Å². The van der Waals surface area contributed by atoms with E-state index in [1.165, 1.54) is 18.4 Å². The topological polar surface area (TPSA) is 59.6 Å². The summed E-state index contributed by atoms with van der Waals surface area (Å²) in [6.07, 6.45) is 0. The molecule has 0 aliphatic carbocycles. The number of thiocarbonyl (C=S) groups is 1. The van der Waals surface area contributed by atoms with Gasteiger partial charge < -0.3 is 20.1 Å². The number of thiophene rings is 1. The van der Waals surface area contributed by atoms with Gasteiger partial charge in [0.1, 0.15) is 22.1 Å². The van der Waals surface area contributed by atoms with E-state index in [0.717, 1.165) is 33.2 Å². The van der Waals surface area contributed by atoms with Gasteiger partial charge in [-0.15, -0.1) is 11.3 Å². The lowest BCUT2D eigenvalue weighted by Crippen LogP contribution is -2.20. The minimum atomic E-state index is -0.411. The summed E-state index contributed by atoms with van der Waals surface area (Å²) in [5.41, 5.74) is 3.07. The van der Waals surface area contributed by atoms with Gasteiger partial charge in [0.2, 0.25) is 0 Å². The normalized spacial score (nSPS) is 10.4.